The standard InChI is InChI=1S/C14H28O/c1-3-5-6-7-10-14(15)11-8-13(4-2)9-12-14/h13,15H,3-12H2,1-2H3. The number of hydrogen-bond donors (Lipinski definition) is 1. The van der Waals surface area contributed by atoms with E-state index in [0.717, 1.165) is 25.2 Å². The average Bonchev–Trinajstić information content (AvgIpc) is 2.26. The summed E-state index contributed by atoms with van der Waals surface area (Å²) < 4.78 is 0. The molecule has 1 fully saturated rings. The molecule has 0 aromatic rings. The predicted molar refractivity (Wildman–Crippen MR) is 66.0 cm³/mol. The molecule has 1 aliphatic carbocycles. The molecule has 0 atom stereocenters. The lowest BCUT2D eigenvalue weighted by Gasteiger charge is -2.36. The summed E-state index contributed by atoms with van der Waals surface area (Å²) in [4.78, 5) is 0. The van der Waals surface area contributed by atoms with Gasteiger partial charge in [0.25, 0.3) is 0 Å². The lowest BCUT2D eigenvalue weighted by atomic mass is 9.75. The first kappa shape index (κ1) is 13.0. The van der Waals surface area contributed by atoms with Gasteiger partial charge in [0.15, 0.2) is 0 Å². The summed E-state index contributed by atoms with van der Waals surface area (Å²) in [6, 6.07) is 0. The predicted octanol–water partition coefficient (Wildman–Crippen LogP) is 4.29. The van der Waals surface area contributed by atoms with E-state index in [0.29, 0.717) is 0 Å². The van der Waals surface area contributed by atoms with Crippen molar-refractivity contribution in [3.63, 3.8) is 0 Å². The SMILES string of the molecule is CCCCCCC1(O)CCC(CC)CC1. The smallest absolute Gasteiger partial charge is 0.0648 e. The van der Waals surface area contributed by atoms with Crippen molar-refractivity contribution in [1.29, 1.82) is 0 Å². The third-order valence-corrected chi connectivity index (χ3v) is 4.11. The van der Waals surface area contributed by atoms with Crippen molar-refractivity contribution < 1.29 is 5.11 Å². The summed E-state index contributed by atoms with van der Waals surface area (Å²) >= 11 is 0. The summed E-state index contributed by atoms with van der Waals surface area (Å²) in [7, 11) is 0. The number of unbranched alkanes of at least 4 members (excludes halogenated alkanes) is 3. The van der Waals surface area contributed by atoms with Crippen molar-refractivity contribution in [3.8, 4) is 0 Å². The fraction of sp³-hybridized carbons (Fsp3) is 1.00. The van der Waals surface area contributed by atoms with Gasteiger partial charge in [-0.3, -0.25) is 0 Å². The molecule has 0 aromatic heterocycles. The molecule has 0 amide bonds. The maximum Gasteiger partial charge on any atom is 0.0648 e. The Morgan fingerprint density at radius 1 is 1.07 bits per heavy atom. The van der Waals surface area contributed by atoms with Gasteiger partial charge >= 0.3 is 0 Å². The van der Waals surface area contributed by atoms with Crippen LogP contribution in [0.5, 0.6) is 0 Å². The summed E-state index contributed by atoms with van der Waals surface area (Å²) in [5.41, 5.74) is -0.292. The van der Waals surface area contributed by atoms with Crippen molar-refractivity contribution in [3.05, 3.63) is 0 Å². The minimum atomic E-state index is -0.292. The Kier molecular flexibility index (Phi) is 5.66. The van der Waals surface area contributed by atoms with Gasteiger partial charge in [0, 0.05) is 0 Å². The van der Waals surface area contributed by atoms with Gasteiger partial charge in [-0.05, 0) is 38.0 Å². The Balaban J connectivity index is 2.17. The van der Waals surface area contributed by atoms with Gasteiger partial charge in [0.05, 0.1) is 5.60 Å². The van der Waals surface area contributed by atoms with Gasteiger partial charge in [-0.15, -0.1) is 0 Å². The van der Waals surface area contributed by atoms with Crippen LogP contribution in [0.4, 0.5) is 0 Å². The Hall–Kier alpha value is -0.0400. The molecule has 1 N–H and O–H groups in total. The van der Waals surface area contributed by atoms with E-state index in [1.54, 1.807) is 0 Å². The number of hydrogen-bond acceptors (Lipinski definition) is 1. The number of aliphatic hydroxyl groups is 1. The molecule has 90 valence electrons. The lowest BCUT2D eigenvalue weighted by Crippen LogP contribution is -2.33. The van der Waals surface area contributed by atoms with Crippen LogP contribution >= 0.6 is 0 Å². The second-order valence-electron chi connectivity index (χ2n) is 5.39. The molecule has 0 unspecified atom stereocenters. The van der Waals surface area contributed by atoms with Gasteiger partial charge in [0.1, 0.15) is 0 Å². The quantitative estimate of drug-likeness (QED) is 0.651. The Bertz CT molecular complexity index is 157. The summed E-state index contributed by atoms with van der Waals surface area (Å²) in [6.45, 7) is 4.51. The molecule has 0 aliphatic heterocycles. The molecule has 0 radical (unpaired) electrons. The van der Waals surface area contributed by atoms with Gasteiger partial charge in [-0.1, -0.05) is 46.0 Å². The molecule has 0 bridgehead atoms. The van der Waals surface area contributed by atoms with Crippen molar-refractivity contribution in [1.82, 2.24) is 0 Å². The molecular formula is C14H28O. The zero-order valence-corrected chi connectivity index (χ0v) is 10.6. The molecule has 1 saturated carbocycles. The van der Waals surface area contributed by atoms with Crippen molar-refractivity contribution in [2.24, 2.45) is 5.92 Å². The fourth-order valence-corrected chi connectivity index (χ4v) is 2.75. The van der Waals surface area contributed by atoms with E-state index in [9.17, 15) is 5.11 Å². The third-order valence-electron chi connectivity index (χ3n) is 4.11. The molecule has 0 saturated heterocycles. The van der Waals surface area contributed by atoms with E-state index in [-0.39, 0.29) is 5.60 Å². The van der Waals surface area contributed by atoms with E-state index in [1.165, 1.54) is 44.9 Å². The normalized spacial score (nSPS) is 31.8. The van der Waals surface area contributed by atoms with Crippen LogP contribution in [0, 0.1) is 5.92 Å². The molecule has 15 heavy (non-hydrogen) atoms. The van der Waals surface area contributed by atoms with E-state index in [4.69, 9.17) is 0 Å². The second-order valence-corrected chi connectivity index (χ2v) is 5.39. The maximum absolute atomic E-state index is 10.4. The summed E-state index contributed by atoms with van der Waals surface area (Å²) in [5, 5.41) is 10.4. The molecule has 1 heteroatoms. The van der Waals surface area contributed by atoms with Crippen molar-refractivity contribution in [2.75, 3.05) is 0 Å². The third kappa shape index (κ3) is 4.55. The topological polar surface area (TPSA) is 20.2 Å². The highest BCUT2D eigenvalue weighted by Crippen LogP contribution is 2.36. The fourth-order valence-electron chi connectivity index (χ4n) is 2.75. The van der Waals surface area contributed by atoms with Gasteiger partial charge in [-0.2, -0.15) is 0 Å². The first-order valence-corrected chi connectivity index (χ1v) is 6.92. The highest BCUT2D eigenvalue weighted by molar-refractivity contribution is 4.84. The first-order chi connectivity index (χ1) is 7.20. The van der Waals surface area contributed by atoms with Gasteiger partial charge in [-0.25, -0.2) is 0 Å². The van der Waals surface area contributed by atoms with Crippen LogP contribution < -0.4 is 0 Å². The van der Waals surface area contributed by atoms with E-state index in [2.05, 4.69) is 13.8 Å². The average molecular weight is 212 g/mol. The Morgan fingerprint density at radius 3 is 2.27 bits per heavy atom. The minimum Gasteiger partial charge on any atom is -0.390 e. The van der Waals surface area contributed by atoms with E-state index >= 15 is 0 Å². The van der Waals surface area contributed by atoms with E-state index in [1.807, 2.05) is 0 Å². The molecule has 0 spiro atoms. The van der Waals surface area contributed by atoms with Crippen molar-refractivity contribution in [2.45, 2.75) is 83.7 Å². The molecule has 0 heterocycles. The van der Waals surface area contributed by atoms with Crippen LogP contribution in [-0.2, 0) is 0 Å². The summed E-state index contributed by atoms with van der Waals surface area (Å²) in [6.07, 6.45) is 12.1. The van der Waals surface area contributed by atoms with Crippen LogP contribution in [0.2, 0.25) is 0 Å². The molecule has 1 aliphatic rings. The minimum absolute atomic E-state index is 0.292. The Labute approximate surface area is 95.3 Å². The van der Waals surface area contributed by atoms with Crippen molar-refractivity contribution >= 4 is 0 Å². The first-order valence-electron chi connectivity index (χ1n) is 6.92. The zero-order valence-electron chi connectivity index (χ0n) is 10.6. The van der Waals surface area contributed by atoms with Crippen LogP contribution in [0.3, 0.4) is 0 Å². The van der Waals surface area contributed by atoms with Gasteiger partial charge in [0.2, 0.25) is 0 Å². The highest BCUT2D eigenvalue weighted by Gasteiger charge is 2.31. The Morgan fingerprint density at radius 2 is 1.73 bits per heavy atom. The number of rotatable bonds is 6. The molecular weight excluding hydrogens is 184 g/mol. The maximum atomic E-state index is 10.4. The lowest BCUT2D eigenvalue weighted by molar-refractivity contribution is -0.0188. The van der Waals surface area contributed by atoms with Crippen LogP contribution in [-0.4, -0.2) is 10.7 Å². The monoisotopic (exact) mass is 212 g/mol. The molecule has 1 rings (SSSR count). The molecule has 0 aromatic carbocycles. The summed E-state index contributed by atoms with van der Waals surface area (Å²) in [5.74, 6) is 0.890. The van der Waals surface area contributed by atoms with Crippen LogP contribution in [0.1, 0.15) is 78.1 Å². The second kappa shape index (κ2) is 6.52. The van der Waals surface area contributed by atoms with Gasteiger partial charge < -0.3 is 5.11 Å². The largest absolute Gasteiger partial charge is 0.390 e. The highest BCUT2D eigenvalue weighted by atomic mass is 16.3. The van der Waals surface area contributed by atoms with Crippen LogP contribution in [0.25, 0.3) is 0 Å². The van der Waals surface area contributed by atoms with Crippen LogP contribution in [0.15, 0.2) is 0 Å². The zero-order chi connectivity index (χ0) is 11.1. The van der Waals surface area contributed by atoms with E-state index < -0.39 is 0 Å². The molecule has 1 nitrogen and oxygen atoms in total.